The molecule has 2 rings (SSSR count). The Kier molecular flexibility index (Phi) is 4.49. The van der Waals surface area contributed by atoms with Crippen molar-refractivity contribution in [2.45, 2.75) is 13.0 Å². The second-order valence-corrected chi connectivity index (χ2v) is 6.22. The summed E-state index contributed by atoms with van der Waals surface area (Å²) in [5, 5.41) is 12.3. The minimum absolute atomic E-state index is 0.0113. The highest BCUT2D eigenvalue weighted by atomic mass is 127. The summed E-state index contributed by atoms with van der Waals surface area (Å²) in [6.45, 7) is 1.41. The van der Waals surface area contributed by atoms with E-state index in [0.29, 0.717) is 6.54 Å². The van der Waals surface area contributed by atoms with Crippen LogP contribution < -0.4 is 5.32 Å². The van der Waals surface area contributed by atoms with Crippen molar-refractivity contribution in [2.75, 3.05) is 6.54 Å². The number of rotatable bonds is 5. The molecule has 2 aromatic rings. The summed E-state index contributed by atoms with van der Waals surface area (Å²) in [7, 11) is 0. The molecule has 90 valence electrons. The first-order chi connectivity index (χ1) is 8.25. The lowest BCUT2D eigenvalue weighted by Gasteiger charge is -2.03. The molecule has 2 heterocycles. The predicted octanol–water partition coefficient (Wildman–Crippen LogP) is 1.76. The van der Waals surface area contributed by atoms with Crippen LogP contribution in [0.1, 0.15) is 16.8 Å². The highest BCUT2D eigenvalue weighted by molar-refractivity contribution is 14.1. The molecular formula is C10H11IN4OS. The van der Waals surface area contributed by atoms with Gasteiger partial charge < -0.3 is 5.32 Å². The number of halogens is 1. The van der Waals surface area contributed by atoms with Crippen molar-refractivity contribution in [3.8, 4) is 0 Å². The minimum Gasteiger partial charge on any atom is -0.352 e. The summed E-state index contributed by atoms with van der Waals surface area (Å²) in [5.74, 6) is -0.0113. The first-order valence-corrected chi connectivity index (χ1v) is 7.08. The predicted molar refractivity (Wildman–Crippen MR) is 74.0 cm³/mol. The van der Waals surface area contributed by atoms with Crippen LogP contribution in [-0.4, -0.2) is 27.4 Å². The zero-order valence-corrected chi connectivity index (χ0v) is 11.9. The van der Waals surface area contributed by atoms with E-state index < -0.39 is 0 Å². The standard InChI is InChI=1S/C10H11IN4OS/c11-9-6-8(7-17-9)10(16)12-2-1-4-15-5-3-13-14-15/h3,5-7H,1-2,4H2,(H,12,16). The molecule has 0 saturated carbocycles. The number of aryl methyl sites for hydroxylation is 1. The third-order valence-electron chi connectivity index (χ3n) is 2.15. The monoisotopic (exact) mass is 362 g/mol. The van der Waals surface area contributed by atoms with Gasteiger partial charge in [0.2, 0.25) is 0 Å². The van der Waals surface area contributed by atoms with Crippen molar-refractivity contribution < 1.29 is 4.79 Å². The van der Waals surface area contributed by atoms with Gasteiger partial charge in [-0.2, -0.15) is 0 Å². The molecule has 0 bridgehead atoms. The third kappa shape index (κ3) is 3.77. The quantitative estimate of drug-likeness (QED) is 0.652. The number of carbonyl (C=O) groups excluding carboxylic acids is 1. The summed E-state index contributed by atoms with van der Waals surface area (Å²) >= 11 is 3.78. The summed E-state index contributed by atoms with van der Waals surface area (Å²) < 4.78 is 2.87. The van der Waals surface area contributed by atoms with E-state index in [4.69, 9.17) is 0 Å². The molecule has 0 aliphatic heterocycles. The summed E-state index contributed by atoms with van der Waals surface area (Å²) in [6, 6.07) is 1.89. The van der Waals surface area contributed by atoms with Gasteiger partial charge in [0.1, 0.15) is 0 Å². The van der Waals surface area contributed by atoms with E-state index >= 15 is 0 Å². The van der Waals surface area contributed by atoms with Crippen LogP contribution in [-0.2, 0) is 6.54 Å². The Hall–Kier alpha value is -0.960. The third-order valence-corrected chi connectivity index (χ3v) is 3.94. The minimum atomic E-state index is -0.0113. The molecule has 0 saturated heterocycles. The van der Waals surface area contributed by atoms with Crippen LogP contribution in [0.2, 0.25) is 0 Å². The molecule has 0 atom stereocenters. The van der Waals surface area contributed by atoms with Crippen LogP contribution in [0, 0.1) is 2.88 Å². The van der Waals surface area contributed by atoms with E-state index in [1.165, 1.54) is 0 Å². The highest BCUT2D eigenvalue weighted by Gasteiger charge is 2.06. The largest absolute Gasteiger partial charge is 0.352 e. The fraction of sp³-hybridized carbons (Fsp3) is 0.300. The van der Waals surface area contributed by atoms with Crippen molar-refractivity contribution in [1.29, 1.82) is 0 Å². The molecule has 0 radical (unpaired) electrons. The Morgan fingerprint density at radius 3 is 3.12 bits per heavy atom. The number of nitrogens with one attached hydrogen (secondary N) is 1. The Bertz CT molecular complexity index is 482. The molecule has 1 N–H and O–H groups in total. The van der Waals surface area contributed by atoms with E-state index in [0.717, 1.165) is 21.4 Å². The lowest BCUT2D eigenvalue weighted by Crippen LogP contribution is -2.24. The van der Waals surface area contributed by atoms with Crippen molar-refractivity contribution in [2.24, 2.45) is 0 Å². The smallest absolute Gasteiger partial charge is 0.252 e. The van der Waals surface area contributed by atoms with Gasteiger partial charge in [0.05, 0.1) is 14.6 Å². The highest BCUT2D eigenvalue weighted by Crippen LogP contribution is 2.16. The Balaban J connectivity index is 1.70. The number of amides is 1. The molecule has 7 heteroatoms. The van der Waals surface area contributed by atoms with Gasteiger partial charge in [-0.1, -0.05) is 5.21 Å². The fourth-order valence-corrected chi connectivity index (χ4v) is 2.65. The van der Waals surface area contributed by atoms with Gasteiger partial charge in [-0.3, -0.25) is 9.48 Å². The van der Waals surface area contributed by atoms with Gasteiger partial charge in [0.15, 0.2) is 0 Å². The topological polar surface area (TPSA) is 59.8 Å². The van der Waals surface area contributed by atoms with Crippen LogP contribution in [0.3, 0.4) is 0 Å². The number of thiophene rings is 1. The van der Waals surface area contributed by atoms with E-state index in [9.17, 15) is 4.79 Å². The van der Waals surface area contributed by atoms with Crippen molar-refractivity contribution in [3.63, 3.8) is 0 Å². The van der Waals surface area contributed by atoms with Crippen LogP contribution in [0.5, 0.6) is 0 Å². The van der Waals surface area contributed by atoms with E-state index in [1.54, 1.807) is 22.2 Å². The summed E-state index contributed by atoms with van der Waals surface area (Å²) in [4.78, 5) is 11.7. The Labute approximate surface area is 116 Å². The average Bonchev–Trinajstić information content (AvgIpc) is 2.95. The normalized spacial score (nSPS) is 10.4. The molecule has 2 aromatic heterocycles. The van der Waals surface area contributed by atoms with Crippen LogP contribution in [0.25, 0.3) is 0 Å². The first kappa shape index (κ1) is 12.5. The van der Waals surface area contributed by atoms with Gasteiger partial charge in [-0.25, -0.2) is 0 Å². The maximum absolute atomic E-state index is 11.7. The van der Waals surface area contributed by atoms with Crippen molar-refractivity contribution in [1.82, 2.24) is 20.3 Å². The molecule has 17 heavy (non-hydrogen) atoms. The molecule has 0 unspecified atom stereocenters. The van der Waals surface area contributed by atoms with E-state index in [1.807, 2.05) is 17.6 Å². The lowest BCUT2D eigenvalue weighted by molar-refractivity contribution is 0.0953. The van der Waals surface area contributed by atoms with Gasteiger partial charge >= 0.3 is 0 Å². The molecule has 1 amide bonds. The summed E-state index contributed by atoms with van der Waals surface area (Å²) in [6.07, 6.45) is 4.30. The fourth-order valence-electron chi connectivity index (χ4n) is 1.33. The first-order valence-electron chi connectivity index (χ1n) is 5.12. The van der Waals surface area contributed by atoms with E-state index in [-0.39, 0.29) is 5.91 Å². The second-order valence-electron chi connectivity index (χ2n) is 3.42. The Morgan fingerprint density at radius 2 is 2.47 bits per heavy atom. The van der Waals surface area contributed by atoms with Crippen molar-refractivity contribution >= 4 is 39.8 Å². The number of aromatic nitrogens is 3. The number of nitrogens with zero attached hydrogens (tertiary/aromatic N) is 3. The number of hydrogen-bond donors (Lipinski definition) is 1. The van der Waals surface area contributed by atoms with Gasteiger partial charge in [-0.15, -0.1) is 16.4 Å². The van der Waals surface area contributed by atoms with E-state index in [2.05, 4.69) is 38.2 Å². The zero-order valence-electron chi connectivity index (χ0n) is 8.97. The maximum atomic E-state index is 11.7. The molecular weight excluding hydrogens is 351 g/mol. The van der Waals surface area contributed by atoms with Gasteiger partial charge in [0, 0.05) is 24.7 Å². The van der Waals surface area contributed by atoms with Gasteiger partial charge in [-0.05, 0) is 35.1 Å². The zero-order chi connectivity index (χ0) is 12.1. The Morgan fingerprint density at radius 1 is 1.59 bits per heavy atom. The summed E-state index contributed by atoms with van der Waals surface area (Å²) in [5.41, 5.74) is 0.736. The second kappa shape index (κ2) is 6.10. The lowest BCUT2D eigenvalue weighted by atomic mass is 10.3. The van der Waals surface area contributed by atoms with Crippen LogP contribution >= 0.6 is 33.9 Å². The molecule has 0 aliphatic rings. The average molecular weight is 362 g/mol. The van der Waals surface area contributed by atoms with Crippen LogP contribution in [0.4, 0.5) is 0 Å². The molecule has 5 nitrogen and oxygen atoms in total. The number of carbonyl (C=O) groups is 1. The number of hydrogen-bond acceptors (Lipinski definition) is 4. The SMILES string of the molecule is O=C(NCCCn1ccnn1)c1csc(I)c1. The van der Waals surface area contributed by atoms with Crippen molar-refractivity contribution in [3.05, 3.63) is 32.3 Å². The molecule has 0 fully saturated rings. The van der Waals surface area contributed by atoms with Crippen LogP contribution in [0.15, 0.2) is 23.8 Å². The molecule has 0 spiro atoms. The van der Waals surface area contributed by atoms with Gasteiger partial charge in [0.25, 0.3) is 5.91 Å². The maximum Gasteiger partial charge on any atom is 0.252 e. The molecule has 0 aromatic carbocycles. The molecule has 0 aliphatic carbocycles.